The number of ether oxygens (including phenoxy) is 1. The van der Waals surface area contributed by atoms with E-state index < -0.39 is 46.1 Å². The Labute approximate surface area is 189 Å². The van der Waals surface area contributed by atoms with Gasteiger partial charge in [0.2, 0.25) is 0 Å². The van der Waals surface area contributed by atoms with Crippen LogP contribution in [0.25, 0.3) is 11.1 Å². The molecule has 0 spiro atoms. The number of methoxy groups -OCH3 is 1. The number of carbonyl (C=O) groups is 2. The lowest BCUT2D eigenvalue weighted by molar-refractivity contribution is -0.117. The minimum Gasteiger partial charge on any atom is -0.497 e. The molecule has 0 saturated carbocycles. The first-order valence-electron chi connectivity index (χ1n) is 11.0. The fraction of sp³-hybridized carbons (Fsp3) is 0.273. The summed E-state index contributed by atoms with van der Waals surface area (Å²) in [6.45, 7) is 0. The van der Waals surface area contributed by atoms with Gasteiger partial charge >= 0.3 is 0 Å². The number of carbonyl (C=O) groups excluding carboxylic acids is 2. The maximum absolute atomic E-state index is 14.8. The Kier molecular flexibility index (Phi) is 5.75. The zero-order valence-corrected chi connectivity index (χ0v) is 18.1. The molecule has 0 aliphatic heterocycles. The molecule has 0 fully saturated rings. The van der Waals surface area contributed by atoms with Crippen LogP contribution in [0.2, 0.25) is 0 Å². The van der Waals surface area contributed by atoms with E-state index in [2.05, 4.69) is 14.4 Å². The molecule has 32 heavy (non-hydrogen) atoms. The van der Waals surface area contributed by atoms with Crippen LogP contribution in [0.1, 0.15) is 23.4 Å². The van der Waals surface area contributed by atoms with Gasteiger partial charge in [0.1, 0.15) is 33.0 Å². The number of rotatable bonds is 6. The Balaban J connectivity index is 1.86. The van der Waals surface area contributed by atoms with Crippen molar-refractivity contribution in [3.63, 3.8) is 0 Å². The lowest BCUT2D eigenvalue weighted by Gasteiger charge is -2.13. The van der Waals surface area contributed by atoms with Gasteiger partial charge < -0.3 is 10.1 Å². The summed E-state index contributed by atoms with van der Waals surface area (Å²) in [5, 5.41) is 2.18. The fourth-order valence-corrected chi connectivity index (χ4v) is 3.87. The maximum Gasteiger partial charge on any atom is 0.259 e. The largest absolute Gasteiger partial charge is 0.497 e. The average Bonchev–Trinajstić information content (AvgIpc) is 3.25. The summed E-state index contributed by atoms with van der Waals surface area (Å²) >= 11 is 0. The van der Waals surface area contributed by atoms with Crippen molar-refractivity contribution in [2.24, 2.45) is 4.36 Å². The summed E-state index contributed by atoms with van der Waals surface area (Å²) in [6, 6.07) is 7.67. The Morgan fingerprint density at radius 1 is 1.09 bits per heavy atom. The lowest BCUT2D eigenvalue weighted by atomic mass is 10.0. The van der Waals surface area contributed by atoms with Gasteiger partial charge in [-0.05, 0) is 54.7 Å². The van der Waals surface area contributed by atoms with Gasteiger partial charge in [0.05, 0.1) is 11.2 Å². The van der Waals surface area contributed by atoms with E-state index in [-0.39, 0.29) is 35.3 Å². The van der Waals surface area contributed by atoms with E-state index in [9.17, 15) is 22.6 Å². The van der Waals surface area contributed by atoms with Crippen LogP contribution in [0, 0.1) is 11.6 Å². The van der Waals surface area contributed by atoms with E-state index in [1.807, 2.05) is 0 Å². The molecular formula is C22H23F2N3O4S. The summed E-state index contributed by atoms with van der Waals surface area (Å²) in [7, 11) is -4.38. The number of nitrogens with one attached hydrogen (secondary N) is 2. The van der Waals surface area contributed by atoms with Crippen molar-refractivity contribution in [2.75, 3.05) is 25.7 Å². The van der Waals surface area contributed by atoms with E-state index in [0.29, 0.717) is 12.0 Å². The molecular weight excluding hydrogens is 440 g/mol. The molecule has 1 unspecified atom stereocenters. The molecule has 1 aliphatic carbocycles. The Morgan fingerprint density at radius 2 is 1.75 bits per heavy atom. The highest BCUT2D eigenvalue weighted by Crippen LogP contribution is 2.31. The highest BCUT2D eigenvalue weighted by atomic mass is 32.2. The smallest absolute Gasteiger partial charge is 0.259 e. The second kappa shape index (κ2) is 9.47. The van der Waals surface area contributed by atoms with Crippen molar-refractivity contribution in [3.8, 4) is 16.9 Å². The van der Waals surface area contributed by atoms with Crippen molar-refractivity contribution in [1.82, 2.24) is 4.72 Å². The normalized spacial score (nSPS) is 16.9. The van der Waals surface area contributed by atoms with Crippen molar-refractivity contribution >= 4 is 27.4 Å². The van der Waals surface area contributed by atoms with Crippen LogP contribution < -0.4 is 14.8 Å². The third kappa shape index (κ3) is 5.13. The molecule has 7 nitrogen and oxygen atoms in total. The SMILES string of the molecule is [2H]C([2H])([2H])Oc1cccc(-c2cc(F)c(NC(=O)C3=C(C(=O)NS(C)(=O)=NC)CCC3)c(F)c2)c1. The highest BCUT2D eigenvalue weighted by Gasteiger charge is 2.28. The number of benzene rings is 2. The van der Waals surface area contributed by atoms with Crippen LogP contribution in [0.5, 0.6) is 5.75 Å². The monoisotopic (exact) mass is 466 g/mol. The molecule has 10 heteroatoms. The zero-order valence-electron chi connectivity index (χ0n) is 20.3. The molecule has 170 valence electrons. The van der Waals surface area contributed by atoms with Crippen LogP contribution in [-0.4, -0.2) is 36.4 Å². The van der Waals surface area contributed by atoms with Gasteiger partial charge in [-0.2, -0.15) is 0 Å². The first-order valence-corrected chi connectivity index (χ1v) is 11.5. The molecule has 1 aliphatic rings. The van der Waals surface area contributed by atoms with Gasteiger partial charge in [0.25, 0.3) is 11.8 Å². The van der Waals surface area contributed by atoms with E-state index in [0.717, 1.165) is 12.1 Å². The number of nitrogens with zero attached hydrogens (tertiary/aromatic N) is 1. The summed E-state index contributed by atoms with van der Waals surface area (Å²) in [6.07, 6.45) is 2.16. The predicted molar refractivity (Wildman–Crippen MR) is 118 cm³/mol. The first kappa shape index (κ1) is 19.4. The van der Waals surface area contributed by atoms with Crippen molar-refractivity contribution in [2.45, 2.75) is 19.3 Å². The average molecular weight is 467 g/mol. The summed E-state index contributed by atoms with van der Waals surface area (Å²) in [4.78, 5) is 25.2. The molecule has 2 amide bonds. The third-order valence-corrected chi connectivity index (χ3v) is 6.22. The van der Waals surface area contributed by atoms with Gasteiger partial charge in [-0.1, -0.05) is 12.1 Å². The number of halogens is 2. The molecule has 0 bridgehead atoms. The van der Waals surface area contributed by atoms with E-state index in [1.54, 1.807) is 0 Å². The van der Waals surface area contributed by atoms with Gasteiger partial charge in [-0.25, -0.2) is 17.4 Å². The Bertz CT molecular complexity index is 1310. The zero-order chi connectivity index (χ0) is 26.0. The van der Waals surface area contributed by atoms with Crippen LogP contribution in [-0.2, 0) is 19.5 Å². The van der Waals surface area contributed by atoms with Crippen molar-refractivity contribution in [3.05, 3.63) is 59.2 Å². The van der Waals surface area contributed by atoms with Gasteiger partial charge in [0, 0.05) is 24.4 Å². The number of amides is 2. The lowest BCUT2D eigenvalue weighted by Crippen LogP contribution is -2.31. The highest BCUT2D eigenvalue weighted by molar-refractivity contribution is 7.91. The minimum absolute atomic E-state index is 0.00782. The summed E-state index contributed by atoms with van der Waals surface area (Å²) in [5.74, 6) is -3.71. The molecule has 2 aromatic carbocycles. The quantitative estimate of drug-likeness (QED) is 0.677. The molecule has 0 radical (unpaired) electrons. The molecule has 2 aromatic rings. The van der Waals surface area contributed by atoms with Gasteiger partial charge in [0.15, 0.2) is 0 Å². The van der Waals surface area contributed by atoms with E-state index in [1.165, 1.54) is 37.6 Å². The topological polar surface area (TPSA) is 96.9 Å². The number of hydrogen-bond donors (Lipinski definition) is 2. The Morgan fingerprint density at radius 3 is 2.38 bits per heavy atom. The molecule has 2 N–H and O–H groups in total. The third-order valence-electron chi connectivity index (χ3n) is 4.96. The van der Waals surface area contributed by atoms with Crippen molar-refractivity contribution in [1.29, 1.82) is 0 Å². The maximum atomic E-state index is 14.8. The van der Waals surface area contributed by atoms with Crippen LogP contribution in [0.4, 0.5) is 14.5 Å². The summed E-state index contributed by atoms with van der Waals surface area (Å²) < 4.78 is 73.9. The second-order valence-electron chi connectivity index (χ2n) is 7.13. The standard InChI is InChI=1S/C22H23F2N3O4S/c1-25-32(3,30)27-22(29)17-9-5-8-16(17)21(28)26-20-18(23)11-14(12-19(20)24)13-6-4-7-15(10-13)31-2/h4,6-7,10-12H,5,8-9H2,1-3H3,(H,26,28)(H,25,27,29,30)/i2D3. The Hall–Kier alpha value is -3.27. The molecule has 0 aromatic heterocycles. The number of anilines is 1. The van der Waals surface area contributed by atoms with Gasteiger partial charge in [-0.3, -0.25) is 14.3 Å². The second-order valence-corrected chi connectivity index (χ2v) is 9.30. The minimum atomic E-state index is -2.97. The van der Waals surface area contributed by atoms with E-state index >= 15 is 0 Å². The first-order chi connectivity index (χ1) is 16.3. The fourth-order valence-electron chi connectivity index (χ4n) is 3.31. The molecule has 3 rings (SSSR count). The molecule has 0 heterocycles. The van der Waals surface area contributed by atoms with Crippen LogP contribution in [0.15, 0.2) is 51.9 Å². The predicted octanol–water partition coefficient (Wildman–Crippen LogP) is 3.82. The van der Waals surface area contributed by atoms with Gasteiger partial charge in [-0.15, -0.1) is 0 Å². The summed E-state index contributed by atoms with van der Waals surface area (Å²) in [5.41, 5.74) is -0.175. The number of hydrogen-bond acceptors (Lipinski definition) is 5. The molecule has 0 saturated heterocycles. The van der Waals surface area contributed by atoms with E-state index in [4.69, 9.17) is 8.85 Å². The van der Waals surface area contributed by atoms with Crippen LogP contribution >= 0.6 is 0 Å². The van der Waals surface area contributed by atoms with Crippen LogP contribution in [0.3, 0.4) is 0 Å². The van der Waals surface area contributed by atoms with Crippen molar-refractivity contribution < 1.29 is 31.4 Å². The molecule has 1 atom stereocenters.